The van der Waals surface area contributed by atoms with Crippen LogP contribution in [0.3, 0.4) is 0 Å². The Labute approximate surface area is 242 Å². The van der Waals surface area contributed by atoms with Gasteiger partial charge in [-0.2, -0.15) is 16.8 Å². The van der Waals surface area contributed by atoms with Crippen LogP contribution in [0, 0.1) is 0 Å². The van der Waals surface area contributed by atoms with Gasteiger partial charge in [-0.25, -0.2) is 4.18 Å². The number of ether oxygens (including phenoxy) is 5. The molecule has 23 nitrogen and oxygen atoms in total. The van der Waals surface area contributed by atoms with E-state index in [-0.39, 0.29) is 0 Å². The third kappa shape index (κ3) is 8.69. The Morgan fingerprint density at radius 2 is 1.00 bits per heavy atom. The van der Waals surface area contributed by atoms with E-state index in [9.17, 15) is 67.9 Å². The molecule has 11 N–H and O–H groups in total. The monoisotopic (exact) mass is 680 g/mol. The molecule has 0 saturated carbocycles. The van der Waals surface area contributed by atoms with E-state index in [1.165, 1.54) is 0 Å². The van der Waals surface area contributed by atoms with Crippen LogP contribution in [-0.2, 0) is 57.3 Å². The summed E-state index contributed by atoms with van der Waals surface area (Å²) in [5.74, 6) is 0. The highest BCUT2D eigenvalue weighted by Crippen LogP contribution is 2.33. The van der Waals surface area contributed by atoms with E-state index in [0.717, 1.165) is 0 Å². The lowest BCUT2D eigenvalue weighted by molar-refractivity contribution is -0.376. The van der Waals surface area contributed by atoms with Crippen molar-refractivity contribution in [3.63, 3.8) is 0 Å². The average molecular weight is 681 g/mol. The van der Waals surface area contributed by atoms with Crippen molar-refractivity contribution in [3.8, 4) is 0 Å². The molecule has 3 aliphatic rings. The van der Waals surface area contributed by atoms with Crippen molar-refractivity contribution < 1.29 is 109 Å². The highest BCUT2D eigenvalue weighted by atomic mass is 32.3. The van der Waals surface area contributed by atoms with E-state index in [1.807, 2.05) is 0 Å². The molecule has 0 radical (unpaired) electrons. The molecule has 25 heteroatoms. The van der Waals surface area contributed by atoms with Gasteiger partial charge in [0.25, 0.3) is 0 Å². The second-order valence-electron chi connectivity index (χ2n) is 9.38. The van der Waals surface area contributed by atoms with Gasteiger partial charge in [0.15, 0.2) is 25.0 Å². The van der Waals surface area contributed by atoms with E-state index in [1.54, 1.807) is 0 Å². The Bertz CT molecular complexity index is 1100. The topological polar surface area (TPSA) is 365 Å². The summed E-state index contributed by atoms with van der Waals surface area (Å²) in [6.45, 7) is -2.92. The fraction of sp³-hybridized carbons (Fsp3) is 1.00. The Hall–Kier alpha value is -0.860. The summed E-state index contributed by atoms with van der Waals surface area (Å²) in [5.41, 5.74) is 0. The summed E-state index contributed by atoms with van der Waals surface area (Å²) in [6, 6.07) is 0. The molecule has 0 aromatic carbocycles. The predicted octanol–water partition coefficient (Wildman–Crippen LogP) is -8.55. The van der Waals surface area contributed by atoms with E-state index in [4.69, 9.17) is 28.2 Å². The second kappa shape index (κ2) is 14.7. The first-order chi connectivity index (χ1) is 19.9. The maximum absolute atomic E-state index is 12.0. The third-order valence-electron chi connectivity index (χ3n) is 6.49. The van der Waals surface area contributed by atoms with Crippen LogP contribution in [0.2, 0.25) is 0 Å². The van der Waals surface area contributed by atoms with Gasteiger partial charge >= 0.3 is 20.8 Å². The number of aliphatic hydroxyl groups excluding tert-OH is 10. The number of aliphatic hydroxyl groups is 10. The molecule has 0 bridgehead atoms. The molecule has 3 rings (SSSR count). The molecule has 3 saturated heterocycles. The van der Waals surface area contributed by atoms with Gasteiger partial charge in [-0.05, 0) is 0 Å². The van der Waals surface area contributed by atoms with E-state index in [2.05, 4.69) is 12.9 Å². The zero-order valence-electron chi connectivity index (χ0n) is 21.4. The zero-order valence-corrected chi connectivity index (χ0v) is 23.0. The van der Waals surface area contributed by atoms with Crippen LogP contribution in [0.15, 0.2) is 0 Å². The summed E-state index contributed by atoms with van der Waals surface area (Å²) in [4.78, 5) is 0. The Morgan fingerprint density at radius 1 is 0.535 bits per heavy atom. The molecular formula is C18H32O23S2. The van der Waals surface area contributed by atoms with Gasteiger partial charge in [-0.3, -0.25) is 4.55 Å². The fourth-order valence-electron chi connectivity index (χ4n) is 4.37. The van der Waals surface area contributed by atoms with Crippen molar-refractivity contribution in [1.82, 2.24) is 0 Å². The Kier molecular flexibility index (Phi) is 12.5. The van der Waals surface area contributed by atoms with Crippen LogP contribution in [0.25, 0.3) is 0 Å². The standard InChI is InChI=1S/C18H32O23S2/c19-1-4-7(22)8(23)15(39-43(32,33)41-40-42(29,30)31)18(35-4)38-14-6(3-21)36-17(12(27)10(14)25)37-13-5(2-20)34-16(28)11(26)9(13)24/h4-28H,1-3H2,(H,29,30,31)/t4-,5-,6-,7-,8+,9-,10-,11-,12-,13-,14-,15-,16?,17-,18-/m1/s1. The van der Waals surface area contributed by atoms with Crippen LogP contribution in [-0.4, -0.2) is 184 Å². The van der Waals surface area contributed by atoms with Gasteiger partial charge in [-0.1, -0.05) is 8.67 Å². The van der Waals surface area contributed by atoms with Crippen LogP contribution >= 0.6 is 0 Å². The summed E-state index contributed by atoms with van der Waals surface area (Å²) in [7, 11) is -11.1. The molecule has 0 aromatic rings. The molecule has 0 amide bonds. The Morgan fingerprint density at radius 3 is 1.53 bits per heavy atom. The SMILES string of the molecule is O=S(=O)(O)OOS(=O)(=O)O[C@H]1[C@@H](O[C@H]2[C@H](O)[C@@H](O)[C@@H](O[C@H]3[C@H](O)[C@@H](O)C(O)O[C@@H]3CO)O[C@@H]2CO)O[C@H](CO)[C@@H](O)[C@@H]1O. The van der Waals surface area contributed by atoms with Gasteiger partial charge < -0.3 is 74.7 Å². The summed E-state index contributed by atoms with van der Waals surface area (Å²) in [5, 5.41) is 101. The van der Waals surface area contributed by atoms with Gasteiger partial charge in [0, 0.05) is 0 Å². The number of hydrogen-bond donors (Lipinski definition) is 11. The van der Waals surface area contributed by atoms with Gasteiger partial charge in [0.1, 0.15) is 67.1 Å². The first-order valence-electron chi connectivity index (χ1n) is 12.1. The molecule has 0 aromatic heterocycles. The molecule has 3 fully saturated rings. The Balaban J connectivity index is 1.81. The van der Waals surface area contributed by atoms with Gasteiger partial charge in [0.05, 0.1) is 19.8 Å². The highest BCUT2D eigenvalue weighted by Gasteiger charge is 2.54. The highest BCUT2D eigenvalue weighted by molar-refractivity contribution is 7.83. The molecule has 1 unspecified atom stereocenters. The van der Waals surface area contributed by atoms with E-state index >= 15 is 0 Å². The average Bonchev–Trinajstić information content (AvgIpc) is 2.94. The molecule has 254 valence electrons. The molecule has 3 heterocycles. The third-order valence-corrected chi connectivity index (χ3v) is 7.51. The van der Waals surface area contributed by atoms with Crippen molar-refractivity contribution >= 4 is 20.8 Å². The van der Waals surface area contributed by atoms with Crippen LogP contribution in [0.5, 0.6) is 0 Å². The minimum Gasteiger partial charge on any atom is -0.394 e. The molecule has 15 atom stereocenters. The molecular weight excluding hydrogens is 648 g/mol. The maximum Gasteiger partial charge on any atom is 0.428 e. The maximum atomic E-state index is 12.0. The first kappa shape index (κ1) is 36.6. The molecule has 3 aliphatic heterocycles. The van der Waals surface area contributed by atoms with Crippen molar-refractivity contribution in [1.29, 1.82) is 0 Å². The minimum atomic E-state index is -5.62. The minimum absolute atomic E-state index is 0.867. The van der Waals surface area contributed by atoms with Crippen molar-refractivity contribution in [2.75, 3.05) is 19.8 Å². The van der Waals surface area contributed by atoms with Crippen LogP contribution in [0.1, 0.15) is 0 Å². The fourth-order valence-corrected chi connectivity index (χ4v) is 5.43. The van der Waals surface area contributed by atoms with Crippen molar-refractivity contribution in [2.45, 2.75) is 92.1 Å². The molecule has 0 aliphatic carbocycles. The van der Waals surface area contributed by atoms with Gasteiger partial charge in [0.2, 0.25) is 0 Å². The lowest BCUT2D eigenvalue weighted by atomic mass is 9.96. The zero-order chi connectivity index (χ0) is 32.4. The smallest absolute Gasteiger partial charge is 0.394 e. The molecule has 0 spiro atoms. The van der Waals surface area contributed by atoms with Crippen LogP contribution in [0.4, 0.5) is 0 Å². The lowest BCUT2D eigenvalue weighted by Crippen LogP contribution is -2.66. The van der Waals surface area contributed by atoms with Crippen LogP contribution < -0.4 is 0 Å². The lowest BCUT2D eigenvalue weighted by Gasteiger charge is -2.48. The largest absolute Gasteiger partial charge is 0.428 e. The number of rotatable bonds is 12. The second-order valence-corrected chi connectivity index (χ2v) is 11.5. The predicted molar refractivity (Wildman–Crippen MR) is 123 cm³/mol. The normalized spacial score (nSPS) is 44.8. The quantitative estimate of drug-likeness (QED) is 0.0517. The summed E-state index contributed by atoms with van der Waals surface area (Å²) < 4.78 is 91.3. The summed E-state index contributed by atoms with van der Waals surface area (Å²) >= 11 is 0. The van der Waals surface area contributed by atoms with Crippen molar-refractivity contribution in [2.24, 2.45) is 0 Å². The first-order valence-corrected chi connectivity index (χ1v) is 14.8. The van der Waals surface area contributed by atoms with Crippen molar-refractivity contribution in [3.05, 3.63) is 0 Å². The van der Waals surface area contributed by atoms with Gasteiger partial charge in [-0.15, -0.1) is 0 Å². The van der Waals surface area contributed by atoms with E-state index in [0.29, 0.717) is 0 Å². The molecule has 43 heavy (non-hydrogen) atoms. The summed E-state index contributed by atoms with van der Waals surface area (Å²) in [6.07, 6.45) is -29.6. The van der Waals surface area contributed by atoms with E-state index < -0.39 is 133 Å². The number of hydrogen-bond acceptors (Lipinski definition) is 22.